The number of hydrazone groups is 1. The van der Waals surface area contributed by atoms with Crippen LogP contribution in [0.1, 0.15) is 49.6 Å². The van der Waals surface area contributed by atoms with E-state index in [9.17, 15) is 4.79 Å². The van der Waals surface area contributed by atoms with Crippen molar-refractivity contribution in [3.63, 3.8) is 0 Å². The lowest BCUT2D eigenvalue weighted by molar-refractivity contribution is -0.135. The van der Waals surface area contributed by atoms with Crippen molar-refractivity contribution in [3.8, 4) is 0 Å². The number of ether oxygens (including phenoxy) is 1. The van der Waals surface area contributed by atoms with Gasteiger partial charge in [-0.25, -0.2) is 0 Å². The van der Waals surface area contributed by atoms with Gasteiger partial charge in [0.2, 0.25) is 18.0 Å². The number of hydrogen-bond acceptors (Lipinski definition) is 3. The fourth-order valence-corrected chi connectivity index (χ4v) is 2.66. The van der Waals surface area contributed by atoms with Crippen molar-refractivity contribution in [1.82, 2.24) is 5.01 Å². The van der Waals surface area contributed by atoms with Gasteiger partial charge in [0, 0.05) is 23.1 Å². The van der Waals surface area contributed by atoms with Crippen molar-refractivity contribution in [2.24, 2.45) is 5.10 Å². The van der Waals surface area contributed by atoms with Gasteiger partial charge in [0.1, 0.15) is 0 Å². The molecule has 3 rings (SSSR count). The van der Waals surface area contributed by atoms with Gasteiger partial charge in [-0.2, -0.15) is 5.01 Å². The zero-order valence-corrected chi connectivity index (χ0v) is 14.6. The molecule has 1 amide bonds. The predicted molar refractivity (Wildman–Crippen MR) is 94.9 cm³/mol. The van der Waals surface area contributed by atoms with E-state index in [0.29, 0.717) is 16.8 Å². The predicted octanol–water partition coefficient (Wildman–Crippen LogP) is 4.70. The normalized spacial score (nSPS) is 17.0. The molecule has 0 aliphatic carbocycles. The van der Waals surface area contributed by atoms with Gasteiger partial charge in [0.15, 0.2) is 0 Å². The smallest absolute Gasteiger partial charge is 0.243 e. The van der Waals surface area contributed by atoms with Crippen molar-refractivity contribution < 1.29 is 9.53 Å². The Morgan fingerprint density at radius 3 is 2.29 bits per heavy atom. The summed E-state index contributed by atoms with van der Waals surface area (Å²) in [7, 11) is 0. The molecule has 124 valence electrons. The molecule has 0 N–H and O–H groups in total. The standard InChI is InChI=1S/C19H19ClN2O2/c1-12(2)14-4-6-16(7-5-14)19-22(13(3)23)21-18(24-19)15-8-10-17(20)11-9-15/h4-12,19H,1-3H3. The Kier molecular flexibility index (Phi) is 4.58. The van der Waals surface area contributed by atoms with Crippen molar-refractivity contribution in [3.05, 3.63) is 70.2 Å². The molecule has 1 heterocycles. The molecule has 0 spiro atoms. The highest BCUT2D eigenvalue weighted by Gasteiger charge is 2.32. The molecular weight excluding hydrogens is 324 g/mol. The lowest BCUT2D eigenvalue weighted by Gasteiger charge is -2.19. The van der Waals surface area contributed by atoms with Crippen molar-refractivity contribution in [2.45, 2.75) is 32.9 Å². The maximum absolute atomic E-state index is 12.0. The van der Waals surface area contributed by atoms with Crippen LogP contribution in [0.5, 0.6) is 0 Å². The Bertz CT molecular complexity index is 767. The first-order valence-electron chi connectivity index (χ1n) is 7.86. The molecule has 1 atom stereocenters. The fourth-order valence-electron chi connectivity index (χ4n) is 2.54. The number of benzene rings is 2. The number of amides is 1. The third kappa shape index (κ3) is 3.29. The average molecular weight is 343 g/mol. The van der Waals surface area contributed by atoms with Crippen molar-refractivity contribution in [2.75, 3.05) is 0 Å². The first-order valence-corrected chi connectivity index (χ1v) is 8.24. The highest BCUT2D eigenvalue weighted by Crippen LogP contribution is 2.31. The third-order valence-corrected chi connectivity index (χ3v) is 4.20. The molecule has 0 bridgehead atoms. The highest BCUT2D eigenvalue weighted by molar-refractivity contribution is 6.30. The summed E-state index contributed by atoms with van der Waals surface area (Å²) in [5.41, 5.74) is 2.92. The molecule has 0 radical (unpaired) electrons. The second kappa shape index (κ2) is 6.65. The van der Waals surface area contributed by atoms with Crippen LogP contribution in [0.4, 0.5) is 0 Å². The average Bonchev–Trinajstić information content (AvgIpc) is 3.01. The van der Waals surface area contributed by atoms with E-state index in [0.717, 1.165) is 11.1 Å². The Labute approximate surface area is 146 Å². The molecular formula is C19H19ClN2O2. The number of rotatable bonds is 3. The maximum atomic E-state index is 12.0. The van der Waals surface area contributed by atoms with E-state index in [-0.39, 0.29) is 5.91 Å². The van der Waals surface area contributed by atoms with Gasteiger partial charge in [-0.05, 0) is 35.7 Å². The molecule has 24 heavy (non-hydrogen) atoms. The van der Waals surface area contributed by atoms with Gasteiger partial charge in [-0.3, -0.25) is 4.79 Å². The zero-order valence-electron chi connectivity index (χ0n) is 13.9. The molecule has 0 fully saturated rings. The molecule has 5 heteroatoms. The van der Waals surface area contributed by atoms with Gasteiger partial charge in [-0.1, -0.05) is 49.7 Å². The van der Waals surface area contributed by atoms with E-state index < -0.39 is 6.23 Å². The maximum Gasteiger partial charge on any atom is 0.243 e. The Balaban J connectivity index is 1.89. The van der Waals surface area contributed by atoms with Crippen LogP contribution in [0.2, 0.25) is 5.02 Å². The molecule has 4 nitrogen and oxygen atoms in total. The molecule has 1 aliphatic rings. The summed E-state index contributed by atoms with van der Waals surface area (Å²) in [6.07, 6.45) is -0.547. The van der Waals surface area contributed by atoms with Crippen LogP contribution in [-0.4, -0.2) is 16.8 Å². The molecule has 1 aliphatic heterocycles. The minimum Gasteiger partial charge on any atom is -0.446 e. The van der Waals surface area contributed by atoms with Crippen LogP contribution < -0.4 is 0 Å². The van der Waals surface area contributed by atoms with Gasteiger partial charge in [0.05, 0.1) is 0 Å². The number of carbonyl (C=O) groups excluding carboxylic acids is 1. The summed E-state index contributed by atoms with van der Waals surface area (Å²) in [5, 5.41) is 6.35. The number of carbonyl (C=O) groups is 1. The second-order valence-corrected chi connectivity index (χ2v) is 6.50. The molecule has 0 saturated carbocycles. The third-order valence-electron chi connectivity index (χ3n) is 3.95. The summed E-state index contributed by atoms with van der Waals surface area (Å²) in [6, 6.07) is 15.3. The Morgan fingerprint density at radius 1 is 1.12 bits per heavy atom. The minimum atomic E-state index is -0.547. The fraction of sp³-hybridized carbons (Fsp3) is 0.263. The van der Waals surface area contributed by atoms with E-state index in [2.05, 4.69) is 31.1 Å². The van der Waals surface area contributed by atoms with Crippen LogP contribution in [0.25, 0.3) is 0 Å². The van der Waals surface area contributed by atoms with Crippen LogP contribution in [0.3, 0.4) is 0 Å². The summed E-state index contributed by atoms with van der Waals surface area (Å²) in [5.74, 6) is 0.699. The quantitative estimate of drug-likeness (QED) is 0.811. The van der Waals surface area contributed by atoms with Gasteiger partial charge < -0.3 is 4.74 Å². The SMILES string of the molecule is CC(=O)N1N=C(c2ccc(Cl)cc2)OC1c1ccc(C(C)C)cc1. The minimum absolute atomic E-state index is 0.170. The van der Waals surface area contributed by atoms with Gasteiger partial charge in [-0.15, -0.1) is 5.10 Å². The first-order chi connectivity index (χ1) is 11.5. The topological polar surface area (TPSA) is 41.9 Å². The molecule has 1 unspecified atom stereocenters. The Morgan fingerprint density at radius 2 is 1.75 bits per heavy atom. The molecule has 0 saturated heterocycles. The lowest BCUT2D eigenvalue weighted by atomic mass is 10.0. The van der Waals surface area contributed by atoms with Crippen molar-refractivity contribution in [1.29, 1.82) is 0 Å². The van der Waals surface area contributed by atoms with E-state index in [1.54, 1.807) is 12.1 Å². The first kappa shape index (κ1) is 16.5. The van der Waals surface area contributed by atoms with E-state index in [1.165, 1.54) is 17.5 Å². The lowest BCUT2D eigenvalue weighted by Crippen LogP contribution is -2.25. The van der Waals surface area contributed by atoms with Crippen LogP contribution in [0.15, 0.2) is 53.6 Å². The van der Waals surface area contributed by atoms with Crippen LogP contribution >= 0.6 is 11.6 Å². The summed E-state index contributed by atoms with van der Waals surface area (Å²) in [6.45, 7) is 5.77. The number of hydrogen-bond donors (Lipinski definition) is 0. The summed E-state index contributed by atoms with van der Waals surface area (Å²) in [4.78, 5) is 12.0. The van der Waals surface area contributed by atoms with Crippen LogP contribution in [0, 0.1) is 0 Å². The summed E-state index contributed by atoms with van der Waals surface area (Å²) < 4.78 is 5.96. The van der Waals surface area contributed by atoms with E-state index in [4.69, 9.17) is 16.3 Å². The van der Waals surface area contributed by atoms with E-state index in [1.807, 2.05) is 24.3 Å². The van der Waals surface area contributed by atoms with Gasteiger partial charge >= 0.3 is 0 Å². The molecule has 2 aromatic rings. The van der Waals surface area contributed by atoms with Gasteiger partial charge in [0.25, 0.3) is 0 Å². The highest BCUT2D eigenvalue weighted by atomic mass is 35.5. The largest absolute Gasteiger partial charge is 0.446 e. The monoisotopic (exact) mass is 342 g/mol. The van der Waals surface area contributed by atoms with Crippen LogP contribution in [-0.2, 0) is 9.53 Å². The number of nitrogens with zero attached hydrogens (tertiary/aromatic N) is 2. The zero-order chi connectivity index (χ0) is 17.3. The number of halogens is 1. The second-order valence-electron chi connectivity index (χ2n) is 6.07. The van der Waals surface area contributed by atoms with Crippen molar-refractivity contribution >= 4 is 23.4 Å². The molecule has 0 aromatic heterocycles. The summed E-state index contributed by atoms with van der Waals surface area (Å²) >= 11 is 5.92. The molecule has 2 aromatic carbocycles. The van der Waals surface area contributed by atoms with E-state index >= 15 is 0 Å². The Hall–Kier alpha value is -2.33.